The number of nitrogens with zero attached hydrogens (tertiary/aromatic N) is 4. The summed E-state index contributed by atoms with van der Waals surface area (Å²) in [5, 5.41) is 39.2. The summed E-state index contributed by atoms with van der Waals surface area (Å²) in [6.45, 7) is 7.32. The molecule has 0 radical (unpaired) electrons. The zero-order valence-corrected chi connectivity index (χ0v) is 22.4. The van der Waals surface area contributed by atoms with Gasteiger partial charge in [0.1, 0.15) is 28.3 Å². The Morgan fingerprint density at radius 1 is 1.08 bits per heavy atom. The highest BCUT2D eigenvalue weighted by Gasteiger charge is 2.48. The first kappa shape index (κ1) is 26.4. The van der Waals surface area contributed by atoms with E-state index in [0.717, 1.165) is 21.5 Å². The standard InChI is InChI=1S/C27H31FN6O3S/c1-13-20(25-33-21-14(2)29-9-8-19(21)38-25)24(32-18-11-17(27(3,4)37)22(35)23(18)36)34-26(31-13)30-12-15-6-5-7-16(28)10-15/h5-10,17-18,22-23,35-37H,11-12H2,1-4H3,(H2,30,31,32,34)/t17-,18+,22+,23-/m0/s1. The molecule has 9 nitrogen and oxygen atoms in total. The van der Waals surface area contributed by atoms with Crippen molar-refractivity contribution in [3.05, 3.63) is 59.3 Å². The minimum atomic E-state index is -1.17. The SMILES string of the molecule is Cc1nc(NCc2cccc(F)c2)nc(N[C@@H]2C[C@H](C(C)(C)O)[C@@H](O)[C@H]2O)c1-c1nc2c(C)nccc2s1. The van der Waals surface area contributed by atoms with Gasteiger partial charge in [0.25, 0.3) is 0 Å². The molecule has 4 atom stereocenters. The number of aromatic nitrogens is 4. The van der Waals surface area contributed by atoms with Gasteiger partial charge in [-0.3, -0.25) is 4.98 Å². The Kier molecular flexibility index (Phi) is 7.03. The van der Waals surface area contributed by atoms with E-state index in [9.17, 15) is 19.7 Å². The highest BCUT2D eigenvalue weighted by molar-refractivity contribution is 7.21. The Balaban J connectivity index is 1.53. The van der Waals surface area contributed by atoms with Crippen molar-refractivity contribution in [2.45, 2.75) is 64.5 Å². The summed E-state index contributed by atoms with van der Waals surface area (Å²) in [6.07, 6.45) is -0.126. The molecule has 0 spiro atoms. The summed E-state index contributed by atoms with van der Waals surface area (Å²) < 4.78 is 14.6. The van der Waals surface area contributed by atoms with Gasteiger partial charge < -0.3 is 26.0 Å². The largest absolute Gasteiger partial charge is 0.390 e. The number of thiazole rings is 1. The van der Waals surface area contributed by atoms with Crippen LogP contribution in [-0.4, -0.2) is 59.1 Å². The topological polar surface area (TPSA) is 136 Å². The van der Waals surface area contributed by atoms with Crippen LogP contribution >= 0.6 is 11.3 Å². The minimum Gasteiger partial charge on any atom is -0.390 e. The van der Waals surface area contributed by atoms with Crippen molar-refractivity contribution < 1.29 is 19.7 Å². The highest BCUT2D eigenvalue weighted by atomic mass is 32.1. The molecule has 11 heteroatoms. The molecule has 38 heavy (non-hydrogen) atoms. The van der Waals surface area contributed by atoms with Crippen LogP contribution in [0.4, 0.5) is 16.2 Å². The van der Waals surface area contributed by atoms with Crippen LogP contribution in [0.1, 0.15) is 37.2 Å². The molecular formula is C27H31FN6O3S. The van der Waals surface area contributed by atoms with Gasteiger partial charge in [0.15, 0.2) is 0 Å². The molecule has 3 aromatic heterocycles. The second kappa shape index (κ2) is 10.1. The van der Waals surface area contributed by atoms with Crippen molar-refractivity contribution in [1.82, 2.24) is 19.9 Å². The molecule has 0 bridgehead atoms. The molecule has 3 heterocycles. The van der Waals surface area contributed by atoms with Gasteiger partial charge in [-0.25, -0.2) is 14.4 Å². The fraction of sp³-hybridized carbons (Fsp3) is 0.407. The number of nitrogens with one attached hydrogen (secondary N) is 2. The fourth-order valence-electron chi connectivity index (χ4n) is 4.98. The number of fused-ring (bicyclic) bond motifs is 1. The smallest absolute Gasteiger partial charge is 0.225 e. The first-order valence-corrected chi connectivity index (χ1v) is 13.3. The molecule has 1 aromatic carbocycles. The lowest BCUT2D eigenvalue weighted by Gasteiger charge is -2.28. The second-order valence-corrected chi connectivity index (χ2v) is 11.4. The maximum atomic E-state index is 13.6. The molecular weight excluding hydrogens is 507 g/mol. The first-order valence-electron chi connectivity index (χ1n) is 12.5. The van der Waals surface area contributed by atoms with Gasteiger partial charge in [-0.2, -0.15) is 4.98 Å². The molecule has 0 amide bonds. The van der Waals surface area contributed by atoms with Gasteiger partial charge in [-0.15, -0.1) is 11.3 Å². The van der Waals surface area contributed by atoms with Crippen molar-refractivity contribution in [2.75, 3.05) is 10.6 Å². The normalized spacial score (nSPS) is 21.7. The van der Waals surface area contributed by atoms with Crippen LogP contribution in [-0.2, 0) is 6.54 Å². The summed E-state index contributed by atoms with van der Waals surface area (Å²) in [4.78, 5) is 18.5. The molecule has 200 valence electrons. The number of hydrogen-bond acceptors (Lipinski definition) is 10. The molecule has 1 aliphatic rings. The zero-order valence-electron chi connectivity index (χ0n) is 21.6. The number of hydrogen-bond donors (Lipinski definition) is 5. The highest BCUT2D eigenvalue weighted by Crippen LogP contribution is 2.40. The van der Waals surface area contributed by atoms with E-state index in [1.807, 2.05) is 19.9 Å². The number of rotatable bonds is 7. The number of anilines is 2. The Labute approximate surface area is 223 Å². The van der Waals surface area contributed by atoms with Gasteiger partial charge in [0.2, 0.25) is 5.95 Å². The number of halogens is 1. The Bertz CT molecular complexity index is 1470. The summed E-state index contributed by atoms with van der Waals surface area (Å²) in [6, 6.07) is 7.62. The Morgan fingerprint density at radius 2 is 1.87 bits per heavy atom. The van der Waals surface area contributed by atoms with Crippen LogP contribution in [0.15, 0.2) is 36.5 Å². The minimum absolute atomic E-state index is 0.313. The molecule has 1 aliphatic carbocycles. The lowest BCUT2D eigenvalue weighted by molar-refractivity contribution is -0.0601. The number of aryl methyl sites for hydroxylation is 2. The van der Waals surface area contributed by atoms with Crippen molar-refractivity contribution in [3.63, 3.8) is 0 Å². The molecule has 1 saturated carbocycles. The van der Waals surface area contributed by atoms with Crippen LogP contribution < -0.4 is 10.6 Å². The van der Waals surface area contributed by atoms with Crippen LogP contribution in [0.25, 0.3) is 20.8 Å². The Hall–Kier alpha value is -3.25. The van der Waals surface area contributed by atoms with E-state index in [1.165, 1.54) is 23.5 Å². The van der Waals surface area contributed by atoms with Crippen LogP contribution in [0.3, 0.4) is 0 Å². The van der Waals surface area contributed by atoms with Crippen molar-refractivity contribution in [2.24, 2.45) is 5.92 Å². The van der Waals surface area contributed by atoms with E-state index >= 15 is 0 Å². The predicted octanol–water partition coefficient (Wildman–Crippen LogP) is 3.81. The van der Waals surface area contributed by atoms with Gasteiger partial charge in [-0.1, -0.05) is 12.1 Å². The van der Waals surface area contributed by atoms with E-state index in [-0.39, 0.29) is 5.82 Å². The molecule has 4 aromatic rings. The summed E-state index contributed by atoms with van der Waals surface area (Å²) in [5.74, 6) is -0.0846. The summed E-state index contributed by atoms with van der Waals surface area (Å²) >= 11 is 1.49. The van der Waals surface area contributed by atoms with Gasteiger partial charge in [-0.05, 0) is 57.9 Å². The van der Waals surface area contributed by atoms with E-state index in [2.05, 4.69) is 20.6 Å². The number of aliphatic hydroxyl groups excluding tert-OH is 2. The third-order valence-electron chi connectivity index (χ3n) is 7.05. The van der Waals surface area contributed by atoms with Gasteiger partial charge >= 0.3 is 0 Å². The molecule has 0 aliphatic heterocycles. The lowest BCUT2D eigenvalue weighted by Crippen LogP contribution is -2.40. The number of benzene rings is 1. The Morgan fingerprint density at radius 3 is 2.55 bits per heavy atom. The molecule has 1 fully saturated rings. The summed E-state index contributed by atoms with van der Waals surface area (Å²) in [5.41, 5.74) is 2.51. The van der Waals surface area contributed by atoms with Crippen LogP contribution in [0.5, 0.6) is 0 Å². The second-order valence-electron chi connectivity index (χ2n) is 10.3. The molecule has 0 saturated heterocycles. The molecule has 5 rings (SSSR count). The van der Waals surface area contributed by atoms with Crippen molar-refractivity contribution >= 4 is 33.3 Å². The third-order valence-corrected chi connectivity index (χ3v) is 8.08. The quantitative estimate of drug-likeness (QED) is 0.238. The molecule has 5 N–H and O–H groups in total. The monoisotopic (exact) mass is 538 g/mol. The average Bonchev–Trinajstić information content (AvgIpc) is 3.40. The van der Waals surface area contributed by atoms with Crippen LogP contribution in [0.2, 0.25) is 0 Å². The van der Waals surface area contributed by atoms with E-state index in [4.69, 9.17) is 9.97 Å². The zero-order chi connectivity index (χ0) is 27.2. The maximum Gasteiger partial charge on any atom is 0.225 e. The van der Waals surface area contributed by atoms with Crippen molar-refractivity contribution in [3.8, 4) is 10.6 Å². The molecule has 0 unspecified atom stereocenters. The van der Waals surface area contributed by atoms with E-state index < -0.39 is 29.8 Å². The average molecular weight is 539 g/mol. The lowest BCUT2D eigenvalue weighted by atomic mass is 9.88. The van der Waals surface area contributed by atoms with Crippen molar-refractivity contribution in [1.29, 1.82) is 0 Å². The summed E-state index contributed by atoms with van der Waals surface area (Å²) in [7, 11) is 0. The maximum absolute atomic E-state index is 13.6. The number of pyridine rings is 1. The van der Waals surface area contributed by atoms with Gasteiger partial charge in [0, 0.05) is 18.7 Å². The van der Waals surface area contributed by atoms with Gasteiger partial charge in [0.05, 0.1) is 39.4 Å². The first-order chi connectivity index (χ1) is 18.0. The van der Waals surface area contributed by atoms with E-state index in [1.54, 1.807) is 32.2 Å². The fourth-order valence-corrected chi connectivity index (χ4v) is 6.09. The third kappa shape index (κ3) is 5.19. The van der Waals surface area contributed by atoms with Crippen LogP contribution in [0, 0.1) is 25.6 Å². The van der Waals surface area contributed by atoms with E-state index in [0.29, 0.717) is 41.0 Å². The number of aliphatic hydroxyl groups is 3. The predicted molar refractivity (Wildman–Crippen MR) is 145 cm³/mol.